The third kappa shape index (κ3) is 6.25. The fraction of sp³-hybridized carbons (Fsp3) is 0.483. The van der Waals surface area contributed by atoms with Crippen LogP contribution in [-0.4, -0.2) is 83.9 Å². The SMILES string of the molecule is CC(C)OC(=O)C1=CN(C(=O)c2ccc(OCCN3CCOCC3)c(F)c2)CC(C)(C)c2c1[nH]c1onc(C(F)(F)F)c21. The zero-order valence-corrected chi connectivity index (χ0v) is 24.1. The lowest BCUT2D eigenvalue weighted by Crippen LogP contribution is -2.38. The summed E-state index contributed by atoms with van der Waals surface area (Å²) in [6.07, 6.45) is -4.20. The summed E-state index contributed by atoms with van der Waals surface area (Å²) in [5, 5.41) is 2.87. The number of aromatic amines is 1. The number of fused-ring (bicyclic) bond motifs is 3. The fourth-order valence-corrected chi connectivity index (χ4v) is 5.34. The number of carbonyl (C=O) groups excluding carboxylic acids is 2. The third-order valence-corrected chi connectivity index (χ3v) is 7.27. The number of halogens is 4. The quantitative estimate of drug-likeness (QED) is 0.302. The van der Waals surface area contributed by atoms with Gasteiger partial charge >= 0.3 is 12.1 Å². The fourth-order valence-electron chi connectivity index (χ4n) is 5.34. The van der Waals surface area contributed by atoms with E-state index >= 15 is 4.39 Å². The number of esters is 1. The molecule has 5 rings (SSSR count). The largest absolute Gasteiger partial charge is 0.489 e. The van der Waals surface area contributed by atoms with Gasteiger partial charge in [-0.25, -0.2) is 9.18 Å². The number of alkyl halides is 3. The van der Waals surface area contributed by atoms with Gasteiger partial charge in [0.1, 0.15) is 6.61 Å². The van der Waals surface area contributed by atoms with Crippen LogP contribution in [0.5, 0.6) is 5.75 Å². The number of hydrogen-bond acceptors (Lipinski definition) is 8. The maximum atomic E-state index is 15.0. The molecule has 1 aromatic carbocycles. The van der Waals surface area contributed by atoms with Gasteiger partial charge in [0.2, 0.25) is 5.71 Å². The van der Waals surface area contributed by atoms with Crippen LogP contribution in [0.1, 0.15) is 55.0 Å². The van der Waals surface area contributed by atoms with Crippen LogP contribution in [0.2, 0.25) is 0 Å². The second kappa shape index (κ2) is 11.6. The number of H-pyrrole nitrogens is 1. The summed E-state index contributed by atoms with van der Waals surface area (Å²) in [5.41, 5.74) is -2.80. The molecule has 2 aliphatic heterocycles. The normalized spacial score (nSPS) is 17.5. The average Bonchev–Trinajstić information content (AvgIpc) is 3.48. The van der Waals surface area contributed by atoms with Crippen molar-refractivity contribution >= 4 is 28.5 Å². The van der Waals surface area contributed by atoms with Crippen LogP contribution in [-0.2, 0) is 25.9 Å². The van der Waals surface area contributed by atoms with Crippen molar-refractivity contribution in [2.24, 2.45) is 0 Å². The summed E-state index contributed by atoms with van der Waals surface area (Å²) in [5.74, 6) is -2.32. The Morgan fingerprint density at radius 1 is 1.19 bits per heavy atom. The lowest BCUT2D eigenvalue weighted by atomic mass is 9.81. The van der Waals surface area contributed by atoms with E-state index in [0.29, 0.717) is 19.8 Å². The maximum absolute atomic E-state index is 15.0. The Bertz CT molecular complexity index is 1550. The van der Waals surface area contributed by atoms with Crippen molar-refractivity contribution in [1.29, 1.82) is 0 Å². The Kier molecular flexibility index (Phi) is 8.27. The van der Waals surface area contributed by atoms with E-state index in [1.54, 1.807) is 27.7 Å². The zero-order valence-electron chi connectivity index (χ0n) is 24.1. The smallest absolute Gasteiger partial charge is 0.437 e. The Morgan fingerprint density at radius 2 is 1.91 bits per heavy atom. The molecule has 1 amide bonds. The molecule has 3 aromatic rings. The second-order valence-electron chi connectivity index (χ2n) is 11.4. The lowest BCUT2D eigenvalue weighted by molar-refractivity contribution is -0.141. The van der Waals surface area contributed by atoms with Crippen LogP contribution in [0.25, 0.3) is 16.7 Å². The number of aromatic nitrogens is 2. The monoisotopic (exact) mass is 608 g/mol. The number of morpholine rings is 1. The van der Waals surface area contributed by atoms with Crippen molar-refractivity contribution in [1.82, 2.24) is 19.9 Å². The van der Waals surface area contributed by atoms with E-state index in [2.05, 4.69) is 15.0 Å². The van der Waals surface area contributed by atoms with Gasteiger partial charge in [0.25, 0.3) is 5.91 Å². The highest BCUT2D eigenvalue weighted by molar-refractivity contribution is 6.18. The minimum Gasteiger partial charge on any atom is -0.489 e. The third-order valence-electron chi connectivity index (χ3n) is 7.27. The van der Waals surface area contributed by atoms with Crippen LogP contribution in [0.3, 0.4) is 0 Å². The summed E-state index contributed by atoms with van der Waals surface area (Å²) >= 11 is 0. The first-order chi connectivity index (χ1) is 20.3. The van der Waals surface area contributed by atoms with Crippen LogP contribution < -0.4 is 4.74 Å². The molecular formula is C29H32F4N4O6. The molecule has 2 aliphatic rings. The molecule has 2 aromatic heterocycles. The highest BCUT2D eigenvalue weighted by Gasteiger charge is 2.45. The second-order valence-corrected chi connectivity index (χ2v) is 11.4. The number of rotatable bonds is 7. The molecule has 4 heterocycles. The number of amides is 1. The summed E-state index contributed by atoms with van der Waals surface area (Å²) in [7, 11) is 0. The first-order valence-corrected chi connectivity index (χ1v) is 13.8. The Hall–Kier alpha value is -3.91. The minimum absolute atomic E-state index is 0.0165. The van der Waals surface area contributed by atoms with Gasteiger partial charge in [0.15, 0.2) is 17.3 Å². The van der Waals surface area contributed by atoms with Crippen LogP contribution in [0.4, 0.5) is 17.6 Å². The lowest BCUT2D eigenvalue weighted by Gasteiger charge is -2.29. The molecule has 1 fully saturated rings. The van der Waals surface area contributed by atoms with Gasteiger partial charge in [-0.15, -0.1) is 0 Å². The van der Waals surface area contributed by atoms with Crippen LogP contribution in [0.15, 0.2) is 28.9 Å². The van der Waals surface area contributed by atoms with Gasteiger partial charge in [0, 0.05) is 43.4 Å². The van der Waals surface area contributed by atoms with Crippen LogP contribution >= 0.6 is 0 Å². The summed E-state index contributed by atoms with van der Waals surface area (Å²) in [4.78, 5) is 33.0. The van der Waals surface area contributed by atoms with Gasteiger partial charge in [-0.05, 0) is 37.6 Å². The van der Waals surface area contributed by atoms with E-state index in [0.717, 1.165) is 19.2 Å². The van der Waals surface area contributed by atoms with Crippen LogP contribution in [0, 0.1) is 5.82 Å². The molecule has 0 spiro atoms. The van der Waals surface area contributed by atoms with Gasteiger partial charge in [-0.3, -0.25) is 9.69 Å². The van der Waals surface area contributed by atoms with Gasteiger partial charge in [-0.2, -0.15) is 13.2 Å². The predicted molar refractivity (Wildman–Crippen MR) is 146 cm³/mol. The number of nitrogens with one attached hydrogen (secondary N) is 1. The Morgan fingerprint density at radius 3 is 2.56 bits per heavy atom. The molecule has 0 aliphatic carbocycles. The zero-order chi connectivity index (χ0) is 31.1. The summed E-state index contributed by atoms with van der Waals surface area (Å²) < 4.78 is 77.9. The number of benzene rings is 1. The van der Waals surface area contributed by atoms with E-state index in [9.17, 15) is 22.8 Å². The molecule has 43 heavy (non-hydrogen) atoms. The maximum Gasteiger partial charge on any atom is 0.437 e. The summed E-state index contributed by atoms with van der Waals surface area (Å²) in [6.45, 7) is 9.92. The topological polar surface area (TPSA) is 110 Å². The molecule has 232 valence electrons. The number of nitrogens with zero attached hydrogens (tertiary/aromatic N) is 3. The van der Waals surface area contributed by atoms with Crippen molar-refractivity contribution in [3.05, 3.63) is 52.7 Å². The molecule has 0 saturated carbocycles. The number of carbonyl (C=O) groups is 2. The highest BCUT2D eigenvalue weighted by atomic mass is 19.4. The van der Waals surface area contributed by atoms with Crippen molar-refractivity contribution in [2.75, 3.05) is 46.0 Å². The molecule has 0 unspecified atom stereocenters. The number of hydrogen-bond donors (Lipinski definition) is 1. The molecule has 1 N–H and O–H groups in total. The van der Waals surface area contributed by atoms with Crippen molar-refractivity contribution in [3.8, 4) is 5.75 Å². The van der Waals surface area contributed by atoms with Crippen molar-refractivity contribution in [3.63, 3.8) is 0 Å². The Balaban J connectivity index is 1.47. The first-order valence-electron chi connectivity index (χ1n) is 13.8. The molecule has 14 heteroatoms. The van der Waals surface area contributed by atoms with Crippen molar-refractivity contribution in [2.45, 2.75) is 45.4 Å². The predicted octanol–water partition coefficient (Wildman–Crippen LogP) is 4.75. The van der Waals surface area contributed by atoms with Crippen molar-refractivity contribution < 1.29 is 45.9 Å². The van der Waals surface area contributed by atoms with E-state index in [1.807, 2.05) is 0 Å². The van der Waals surface area contributed by atoms with E-state index in [4.69, 9.17) is 18.7 Å². The molecule has 0 bridgehead atoms. The molecule has 0 radical (unpaired) electrons. The van der Waals surface area contributed by atoms with Gasteiger partial charge in [0.05, 0.1) is 36.0 Å². The standard InChI is InChI=1S/C29H32F4N4O6/c1-16(2)42-27(39)18-14-37(15-28(3,4)22-21-24(29(31,32)33)35-43-25(21)34-23(18)22)26(38)17-5-6-20(19(30)13-17)41-12-9-36-7-10-40-11-8-36/h5-6,13-14,16,34H,7-12,15H2,1-4H3. The summed E-state index contributed by atoms with van der Waals surface area (Å²) in [6, 6.07) is 3.78. The van der Waals surface area contributed by atoms with Gasteiger partial charge < -0.3 is 28.6 Å². The van der Waals surface area contributed by atoms with E-state index in [-0.39, 0.29) is 52.4 Å². The minimum atomic E-state index is -4.84. The first kappa shape index (κ1) is 30.5. The van der Waals surface area contributed by atoms with Gasteiger partial charge in [-0.1, -0.05) is 19.0 Å². The number of ether oxygens (including phenoxy) is 3. The molecule has 1 saturated heterocycles. The average molecular weight is 609 g/mol. The van der Waals surface area contributed by atoms with E-state index in [1.165, 1.54) is 23.2 Å². The molecular weight excluding hydrogens is 576 g/mol. The molecule has 0 atom stereocenters. The van der Waals surface area contributed by atoms with E-state index < -0.39 is 41.1 Å². The highest BCUT2D eigenvalue weighted by Crippen LogP contribution is 2.45. The Labute approximate surface area is 244 Å². The molecule has 10 nitrogen and oxygen atoms in total.